The molecule has 0 atom stereocenters. The summed E-state index contributed by atoms with van der Waals surface area (Å²) in [6, 6.07) is 10.3. The van der Waals surface area contributed by atoms with Crippen LogP contribution >= 0.6 is 11.8 Å². The number of hydrogen-bond donors (Lipinski definition) is 0. The molecule has 1 fully saturated rings. The molecule has 1 aliphatic rings. The smallest absolute Gasteiger partial charge is 0.136 e. The molecule has 0 radical (unpaired) electrons. The van der Waals surface area contributed by atoms with Gasteiger partial charge in [-0.05, 0) is 18.4 Å². The third-order valence-corrected chi connectivity index (χ3v) is 3.88. The van der Waals surface area contributed by atoms with Crippen molar-refractivity contribution in [2.45, 2.75) is 23.3 Å². The summed E-state index contributed by atoms with van der Waals surface area (Å²) in [7, 11) is 0. The van der Waals surface area contributed by atoms with Crippen LogP contribution in [0.15, 0.2) is 30.3 Å². The number of benzene rings is 1. The van der Waals surface area contributed by atoms with Crippen molar-refractivity contribution in [3.63, 3.8) is 0 Å². The highest BCUT2D eigenvalue weighted by Crippen LogP contribution is 2.47. The maximum Gasteiger partial charge on any atom is 0.136 e. The fourth-order valence-corrected chi connectivity index (χ4v) is 2.33. The SMILES string of the molecule is O=CC1(SCc2ccccc2)CC1. The quantitative estimate of drug-likeness (QED) is 0.682. The minimum atomic E-state index is -0.0180. The van der Waals surface area contributed by atoms with Crippen LogP contribution in [-0.4, -0.2) is 11.0 Å². The molecule has 1 aliphatic carbocycles. The third-order valence-electron chi connectivity index (χ3n) is 2.33. The summed E-state index contributed by atoms with van der Waals surface area (Å²) >= 11 is 1.77. The molecule has 0 aromatic heterocycles. The Morgan fingerprint density at radius 2 is 2.00 bits per heavy atom. The average Bonchev–Trinajstić information content (AvgIpc) is 2.97. The minimum Gasteiger partial charge on any atom is -0.302 e. The van der Waals surface area contributed by atoms with Gasteiger partial charge in [0, 0.05) is 5.75 Å². The highest BCUT2D eigenvalue weighted by molar-refractivity contribution is 8.00. The molecule has 13 heavy (non-hydrogen) atoms. The van der Waals surface area contributed by atoms with Crippen LogP contribution in [0.25, 0.3) is 0 Å². The number of rotatable bonds is 4. The van der Waals surface area contributed by atoms with Crippen LogP contribution in [0, 0.1) is 0 Å². The van der Waals surface area contributed by atoms with Gasteiger partial charge < -0.3 is 4.79 Å². The van der Waals surface area contributed by atoms with E-state index in [0.29, 0.717) is 0 Å². The largest absolute Gasteiger partial charge is 0.302 e. The summed E-state index contributed by atoms with van der Waals surface area (Å²) in [5.41, 5.74) is 1.31. The molecule has 2 rings (SSSR count). The molecule has 0 aliphatic heterocycles. The number of carbonyl (C=O) groups excluding carboxylic acids is 1. The molecule has 1 aromatic rings. The Morgan fingerprint density at radius 3 is 2.54 bits per heavy atom. The van der Waals surface area contributed by atoms with Crippen molar-refractivity contribution in [2.75, 3.05) is 0 Å². The lowest BCUT2D eigenvalue weighted by Gasteiger charge is -2.05. The molecule has 1 nitrogen and oxygen atoms in total. The van der Waals surface area contributed by atoms with Crippen LogP contribution in [0.2, 0.25) is 0 Å². The Bertz CT molecular complexity index is 290. The number of aldehydes is 1. The maximum atomic E-state index is 10.7. The molecule has 0 bridgehead atoms. The van der Waals surface area contributed by atoms with Gasteiger partial charge >= 0.3 is 0 Å². The summed E-state index contributed by atoms with van der Waals surface area (Å²) in [6.07, 6.45) is 3.24. The number of hydrogen-bond acceptors (Lipinski definition) is 2. The van der Waals surface area contributed by atoms with Crippen molar-refractivity contribution in [3.8, 4) is 0 Å². The summed E-state index contributed by atoms with van der Waals surface area (Å²) in [5.74, 6) is 0.958. The third kappa shape index (κ3) is 2.13. The van der Waals surface area contributed by atoms with Crippen LogP contribution in [-0.2, 0) is 10.5 Å². The van der Waals surface area contributed by atoms with Gasteiger partial charge in [-0.15, -0.1) is 11.8 Å². The van der Waals surface area contributed by atoms with Crippen molar-refractivity contribution >= 4 is 18.0 Å². The van der Waals surface area contributed by atoms with E-state index in [1.54, 1.807) is 11.8 Å². The molecule has 0 unspecified atom stereocenters. The van der Waals surface area contributed by atoms with Crippen molar-refractivity contribution in [1.82, 2.24) is 0 Å². The first-order chi connectivity index (χ1) is 6.35. The Kier molecular flexibility index (Phi) is 2.40. The predicted molar refractivity (Wildman–Crippen MR) is 55.8 cm³/mol. The van der Waals surface area contributed by atoms with E-state index in [1.807, 2.05) is 18.2 Å². The van der Waals surface area contributed by atoms with Gasteiger partial charge in [0.1, 0.15) is 6.29 Å². The molecular weight excluding hydrogens is 180 g/mol. The van der Waals surface area contributed by atoms with Gasteiger partial charge in [0.15, 0.2) is 0 Å². The molecular formula is C11H12OS. The normalized spacial score (nSPS) is 18.2. The summed E-state index contributed by atoms with van der Waals surface area (Å²) in [6.45, 7) is 0. The summed E-state index contributed by atoms with van der Waals surface area (Å²) in [4.78, 5) is 10.7. The monoisotopic (exact) mass is 192 g/mol. The van der Waals surface area contributed by atoms with E-state index in [2.05, 4.69) is 12.1 Å². The van der Waals surface area contributed by atoms with Crippen LogP contribution in [0.4, 0.5) is 0 Å². The van der Waals surface area contributed by atoms with Crippen molar-refractivity contribution < 1.29 is 4.79 Å². The Morgan fingerprint density at radius 1 is 1.31 bits per heavy atom. The highest BCUT2D eigenvalue weighted by atomic mass is 32.2. The van der Waals surface area contributed by atoms with Crippen LogP contribution in [0.5, 0.6) is 0 Å². The maximum absolute atomic E-state index is 10.7. The van der Waals surface area contributed by atoms with Gasteiger partial charge in [-0.1, -0.05) is 30.3 Å². The molecule has 0 N–H and O–H groups in total. The molecule has 2 heteroatoms. The van der Waals surface area contributed by atoms with Gasteiger partial charge in [0.25, 0.3) is 0 Å². The molecule has 0 spiro atoms. The lowest BCUT2D eigenvalue weighted by Crippen LogP contribution is -2.03. The van der Waals surface area contributed by atoms with E-state index in [9.17, 15) is 4.79 Å². The standard InChI is InChI=1S/C11H12OS/c12-9-11(6-7-11)13-8-10-4-2-1-3-5-10/h1-5,9H,6-8H2. The van der Waals surface area contributed by atoms with Gasteiger partial charge in [0.05, 0.1) is 4.75 Å². The second kappa shape index (κ2) is 3.54. The first kappa shape index (κ1) is 8.82. The molecule has 1 saturated carbocycles. The Labute approximate surface area is 82.5 Å². The number of carbonyl (C=O) groups is 1. The second-order valence-electron chi connectivity index (χ2n) is 3.46. The Hall–Kier alpha value is -0.760. The van der Waals surface area contributed by atoms with Gasteiger partial charge in [-0.25, -0.2) is 0 Å². The zero-order valence-electron chi connectivity index (χ0n) is 7.40. The van der Waals surface area contributed by atoms with Crippen molar-refractivity contribution in [3.05, 3.63) is 35.9 Å². The van der Waals surface area contributed by atoms with Gasteiger partial charge in [-0.2, -0.15) is 0 Å². The van der Waals surface area contributed by atoms with Gasteiger partial charge in [0.2, 0.25) is 0 Å². The molecule has 0 amide bonds. The topological polar surface area (TPSA) is 17.1 Å². The first-order valence-electron chi connectivity index (χ1n) is 4.49. The van der Waals surface area contributed by atoms with E-state index in [1.165, 1.54) is 5.56 Å². The second-order valence-corrected chi connectivity index (χ2v) is 4.85. The zero-order chi connectivity index (χ0) is 9.15. The van der Waals surface area contributed by atoms with Crippen molar-refractivity contribution in [1.29, 1.82) is 0 Å². The molecule has 0 heterocycles. The van der Waals surface area contributed by atoms with E-state index in [-0.39, 0.29) is 4.75 Å². The summed E-state index contributed by atoms with van der Waals surface area (Å²) in [5, 5.41) is 0. The summed E-state index contributed by atoms with van der Waals surface area (Å²) < 4.78 is -0.0180. The fraction of sp³-hybridized carbons (Fsp3) is 0.364. The highest BCUT2D eigenvalue weighted by Gasteiger charge is 2.42. The van der Waals surface area contributed by atoms with Crippen LogP contribution in [0.3, 0.4) is 0 Å². The Balaban J connectivity index is 1.90. The fourth-order valence-electron chi connectivity index (χ4n) is 1.22. The van der Waals surface area contributed by atoms with E-state index >= 15 is 0 Å². The molecule has 0 saturated heterocycles. The molecule has 68 valence electrons. The lowest BCUT2D eigenvalue weighted by atomic mass is 10.2. The first-order valence-corrected chi connectivity index (χ1v) is 5.47. The number of thioether (sulfide) groups is 1. The zero-order valence-corrected chi connectivity index (χ0v) is 8.22. The van der Waals surface area contributed by atoms with Crippen LogP contribution in [0.1, 0.15) is 18.4 Å². The van der Waals surface area contributed by atoms with Crippen molar-refractivity contribution in [2.24, 2.45) is 0 Å². The predicted octanol–water partition coefficient (Wildman–Crippen LogP) is 2.65. The van der Waals surface area contributed by atoms with E-state index < -0.39 is 0 Å². The van der Waals surface area contributed by atoms with E-state index in [0.717, 1.165) is 24.9 Å². The van der Waals surface area contributed by atoms with E-state index in [4.69, 9.17) is 0 Å². The minimum absolute atomic E-state index is 0.0180. The lowest BCUT2D eigenvalue weighted by molar-refractivity contribution is -0.107. The molecule has 1 aromatic carbocycles. The van der Waals surface area contributed by atoms with Crippen LogP contribution < -0.4 is 0 Å². The average molecular weight is 192 g/mol. The van der Waals surface area contributed by atoms with Gasteiger partial charge in [-0.3, -0.25) is 0 Å².